The van der Waals surface area contributed by atoms with E-state index in [0.717, 1.165) is 12.8 Å². The molecule has 2 amide bonds. The number of carbonyl (C=O) groups is 2. The molecule has 3 aromatic carbocycles. The normalized spacial score (nSPS) is 17.8. The van der Waals surface area contributed by atoms with Crippen molar-refractivity contribution < 1.29 is 28.2 Å². The molecule has 3 fully saturated rings. The highest BCUT2D eigenvalue weighted by Gasteiger charge is 2.57. The van der Waals surface area contributed by atoms with Gasteiger partial charge in [-0.05, 0) is 74.9 Å². The van der Waals surface area contributed by atoms with Crippen LogP contribution in [0.3, 0.4) is 0 Å². The second kappa shape index (κ2) is 11.9. The Morgan fingerprint density at radius 1 is 0.978 bits per heavy atom. The fourth-order valence-electron chi connectivity index (χ4n) is 6.40. The van der Waals surface area contributed by atoms with Crippen LogP contribution < -0.4 is 30.2 Å². The molecule has 1 heterocycles. The van der Waals surface area contributed by atoms with Crippen molar-refractivity contribution in [1.82, 2.24) is 10.3 Å². The number of aromatic nitrogens is 1. The van der Waals surface area contributed by atoms with E-state index in [1.54, 1.807) is 55.8 Å². The summed E-state index contributed by atoms with van der Waals surface area (Å²) in [5.74, 6) is -0.134. The van der Waals surface area contributed by atoms with Crippen molar-refractivity contribution in [2.45, 2.75) is 62.9 Å². The van der Waals surface area contributed by atoms with Crippen LogP contribution in [0.15, 0.2) is 72.9 Å². The molecule has 3 aliphatic carbocycles. The summed E-state index contributed by atoms with van der Waals surface area (Å²) >= 11 is 0. The quantitative estimate of drug-likeness (QED) is 0.172. The summed E-state index contributed by atoms with van der Waals surface area (Å²) in [6.07, 6.45) is 9.47. The number of nitrogens with two attached hydrogens (primary N) is 1. The molecule has 238 valence electrons. The molecule has 1 aromatic heterocycles. The lowest BCUT2D eigenvalue weighted by Gasteiger charge is -2.27. The molecule has 0 unspecified atom stereocenters. The molecule has 0 radical (unpaired) electrons. The number of hydrogen-bond donors (Lipinski definition) is 2. The number of halogens is 1. The Hall–Kier alpha value is -4.70. The zero-order chi connectivity index (χ0) is 31.9. The van der Waals surface area contributed by atoms with Gasteiger partial charge in [0.05, 0.1) is 23.9 Å². The Balaban J connectivity index is 1.13. The Bertz CT molecular complexity index is 1780. The van der Waals surface area contributed by atoms with Crippen molar-refractivity contribution in [2.24, 2.45) is 11.1 Å². The summed E-state index contributed by atoms with van der Waals surface area (Å²) < 4.78 is 34.0. The lowest BCUT2D eigenvalue weighted by Crippen LogP contribution is -2.42. The van der Waals surface area contributed by atoms with Gasteiger partial charge in [0, 0.05) is 35.4 Å². The highest BCUT2D eigenvalue weighted by atomic mass is 19.1. The second-order valence-electron chi connectivity index (χ2n) is 12.7. The molecule has 3 N–H and O–H groups in total. The van der Waals surface area contributed by atoms with E-state index in [1.807, 2.05) is 12.1 Å². The van der Waals surface area contributed by atoms with Gasteiger partial charge in [-0.15, -0.1) is 0 Å². The lowest BCUT2D eigenvalue weighted by molar-refractivity contribution is -0.133. The predicted octanol–water partition coefficient (Wildman–Crippen LogP) is 6.55. The maximum Gasteiger partial charge on any atom is 0.247 e. The number of carbonyl (C=O) groups excluding carboxylic acids is 2. The van der Waals surface area contributed by atoms with Gasteiger partial charge in [-0.1, -0.05) is 31.0 Å². The van der Waals surface area contributed by atoms with Gasteiger partial charge in [-0.2, -0.15) is 0 Å². The number of methoxy groups -OCH3 is 1. The van der Waals surface area contributed by atoms with Gasteiger partial charge in [0.2, 0.25) is 11.8 Å². The topological polar surface area (TPSA) is 116 Å². The van der Waals surface area contributed by atoms with Gasteiger partial charge in [0.15, 0.2) is 17.3 Å². The van der Waals surface area contributed by atoms with Gasteiger partial charge in [-0.3, -0.25) is 19.5 Å². The molecule has 0 bridgehead atoms. The van der Waals surface area contributed by atoms with E-state index >= 15 is 4.39 Å². The number of rotatable bonds is 12. The first-order chi connectivity index (χ1) is 22.3. The number of benzene rings is 3. The molecule has 10 heteroatoms. The number of pyridine rings is 1. The maximum absolute atomic E-state index is 15.8. The zero-order valence-corrected chi connectivity index (χ0v) is 25.8. The third-order valence-corrected chi connectivity index (χ3v) is 9.45. The first kappa shape index (κ1) is 30.0. The second-order valence-corrected chi connectivity index (χ2v) is 12.7. The van der Waals surface area contributed by atoms with Gasteiger partial charge >= 0.3 is 0 Å². The molecule has 7 rings (SSSR count). The summed E-state index contributed by atoms with van der Waals surface area (Å²) in [5.41, 5.74) is 5.34. The largest absolute Gasteiger partial charge is 0.493 e. The zero-order valence-electron chi connectivity index (χ0n) is 25.8. The molecule has 9 nitrogen and oxygen atoms in total. The number of para-hydroxylation sites is 1. The van der Waals surface area contributed by atoms with Crippen molar-refractivity contribution in [2.75, 3.05) is 18.6 Å². The average molecular weight is 625 g/mol. The van der Waals surface area contributed by atoms with Crippen LogP contribution in [0.25, 0.3) is 10.9 Å². The number of fused-ring (bicyclic) bond motifs is 1. The minimum absolute atomic E-state index is 0.00465. The van der Waals surface area contributed by atoms with Crippen LogP contribution in [0.5, 0.6) is 23.0 Å². The number of amides is 2. The van der Waals surface area contributed by atoms with Gasteiger partial charge in [0.25, 0.3) is 0 Å². The first-order valence-electron chi connectivity index (χ1n) is 15.9. The van der Waals surface area contributed by atoms with Crippen LogP contribution >= 0.6 is 0 Å². The summed E-state index contributed by atoms with van der Waals surface area (Å²) in [4.78, 5) is 31.5. The van der Waals surface area contributed by atoms with E-state index in [2.05, 4.69) is 10.3 Å². The minimum atomic E-state index is -1.33. The van der Waals surface area contributed by atoms with E-state index in [-0.39, 0.29) is 17.0 Å². The Morgan fingerprint density at radius 2 is 1.74 bits per heavy atom. The van der Waals surface area contributed by atoms with Gasteiger partial charge in [0.1, 0.15) is 23.5 Å². The van der Waals surface area contributed by atoms with Gasteiger partial charge < -0.3 is 25.3 Å². The van der Waals surface area contributed by atoms with E-state index in [1.165, 1.54) is 42.7 Å². The molecule has 0 saturated heterocycles. The summed E-state index contributed by atoms with van der Waals surface area (Å²) in [5, 5.41) is 4.49. The highest BCUT2D eigenvalue weighted by molar-refractivity contribution is 6.16. The molecular formula is C36H37FN4O5. The minimum Gasteiger partial charge on any atom is -0.493 e. The Labute approximate surface area is 266 Å². The Kier molecular flexibility index (Phi) is 7.76. The van der Waals surface area contributed by atoms with Crippen LogP contribution in [0.4, 0.5) is 15.8 Å². The monoisotopic (exact) mass is 624 g/mol. The third kappa shape index (κ3) is 5.73. The molecule has 0 spiro atoms. The molecule has 0 aliphatic heterocycles. The van der Waals surface area contributed by atoms with Crippen LogP contribution in [-0.2, 0) is 9.59 Å². The third-order valence-electron chi connectivity index (χ3n) is 9.45. The average Bonchev–Trinajstić information content (AvgIpc) is 3.98. The number of primary amides is 1. The predicted molar refractivity (Wildman–Crippen MR) is 172 cm³/mol. The molecule has 3 aliphatic rings. The van der Waals surface area contributed by atoms with Crippen molar-refractivity contribution in [3.05, 3.63) is 78.7 Å². The summed E-state index contributed by atoms with van der Waals surface area (Å²) in [7, 11) is 1.59. The number of anilines is 2. The van der Waals surface area contributed by atoms with E-state index in [4.69, 9.17) is 19.9 Å². The van der Waals surface area contributed by atoms with Gasteiger partial charge in [-0.25, -0.2) is 4.39 Å². The highest BCUT2D eigenvalue weighted by Crippen LogP contribution is 2.49. The molecule has 46 heavy (non-hydrogen) atoms. The Morgan fingerprint density at radius 3 is 2.39 bits per heavy atom. The molecular weight excluding hydrogens is 587 g/mol. The SMILES string of the molecule is COc1cc2c(Oc3ccc(N(C(=O)C4(C(N)=O)CC4)c4ccccc4)c(F)c3)ccnc2cc1OCC1(NC2CCCC2)CC1. The molecule has 3 saturated carbocycles. The fourth-order valence-corrected chi connectivity index (χ4v) is 6.40. The number of nitrogens with one attached hydrogen (secondary N) is 1. The number of ether oxygens (including phenoxy) is 3. The molecule has 4 aromatic rings. The summed E-state index contributed by atoms with van der Waals surface area (Å²) in [6, 6.07) is 18.8. The first-order valence-corrected chi connectivity index (χ1v) is 15.9. The van der Waals surface area contributed by atoms with E-state index in [0.29, 0.717) is 59.3 Å². The van der Waals surface area contributed by atoms with Crippen molar-refractivity contribution in [3.8, 4) is 23.0 Å². The van der Waals surface area contributed by atoms with Crippen LogP contribution in [-0.4, -0.2) is 42.1 Å². The smallest absolute Gasteiger partial charge is 0.247 e. The number of nitrogens with zero attached hydrogens (tertiary/aromatic N) is 2. The van der Waals surface area contributed by atoms with Crippen LogP contribution in [0.1, 0.15) is 51.4 Å². The van der Waals surface area contributed by atoms with Crippen LogP contribution in [0, 0.1) is 11.2 Å². The van der Waals surface area contributed by atoms with Crippen LogP contribution in [0.2, 0.25) is 0 Å². The van der Waals surface area contributed by atoms with Crippen molar-refractivity contribution in [3.63, 3.8) is 0 Å². The number of hydrogen-bond acceptors (Lipinski definition) is 7. The molecule has 0 atom stereocenters. The van der Waals surface area contributed by atoms with E-state index < -0.39 is 23.0 Å². The lowest BCUT2D eigenvalue weighted by atomic mass is 10.0. The van der Waals surface area contributed by atoms with Crippen molar-refractivity contribution >= 4 is 34.1 Å². The van der Waals surface area contributed by atoms with E-state index in [9.17, 15) is 9.59 Å². The standard InChI is InChI=1S/C36H37FN4O5/c1-44-31-20-26-28(21-32(31)45-22-35(14-15-35)40-23-7-5-6-8-23)39-18-13-30(26)46-25-11-12-29(27(37)19-25)41(24-9-3-2-4-10-24)34(43)36(16-17-36)33(38)42/h2-4,9-13,18-21,23,40H,5-8,14-17,22H2,1H3,(H2,38,42). The summed E-state index contributed by atoms with van der Waals surface area (Å²) in [6.45, 7) is 0.552. The maximum atomic E-state index is 15.8. The fraction of sp³-hybridized carbons (Fsp3) is 0.361. The van der Waals surface area contributed by atoms with Crippen molar-refractivity contribution in [1.29, 1.82) is 0 Å².